The van der Waals surface area contributed by atoms with Gasteiger partial charge < -0.3 is 16.0 Å². The van der Waals surface area contributed by atoms with Gasteiger partial charge in [-0.3, -0.25) is 9.59 Å². The number of hydrogen-bond donors (Lipinski definition) is 3. The molecule has 104 valence electrons. The molecule has 2 rings (SSSR count). The molecule has 0 bridgehead atoms. The Labute approximate surface area is 119 Å². The van der Waals surface area contributed by atoms with Crippen molar-refractivity contribution >= 4 is 29.3 Å². The number of anilines is 2. The van der Waals surface area contributed by atoms with Crippen molar-refractivity contribution < 1.29 is 4.79 Å². The zero-order valence-electron chi connectivity index (χ0n) is 10.5. The number of pyridine rings is 1. The van der Waals surface area contributed by atoms with Gasteiger partial charge in [0, 0.05) is 24.4 Å². The molecule has 0 atom stereocenters. The van der Waals surface area contributed by atoms with Gasteiger partial charge in [-0.15, -0.1) is 0 Å². The van der Waals surface area contributed by atoms with Crippen LogP contribution in [0.1, 0.15) is 6.42 Å². The van der Waals surface area contributed by atoms with Crippen molar-refractivity contribution in [3.05, 3.63) is 40.8 Å². The minimum Gasteiger partial charge on any atom is -0.383 e. The van der Waals surface area contributed by atoms with Crippen molar-refractivity contribution in [1.29, 1.82) is 0 Å². The molecule has 0 fully saturated rings. The molecule has 4 N–H and O–H groups in total. The van der Waals surface area contributed by atoms with E-state index in [-0.39, 0.29) is 23.7 Å². The second kappa shape index (κ2) is 6.71. The summed E-state index contributed by atoms with van der Waals surface area (Å²) < 4.78 is 0. The first-order chi connectivity index (χ1) is 9.63. The van der Waals surface area contributed by atoms with Crippen LogP contribution in [-0.2, 0) is 4.79 Å². The Morgan fingerprint density at radius 3 is 3.00 bits per heavy atom. The first-order valence-corrected chi connectivity index (χ1v) is 6.82. The predicted octanol–water partition coefficient (Wildman–Crippen LogP) is 0.868. The minimum atomic E-state index is -0.307. The summed E-state index contributed by atoms with van der Waals surface area (Å²) in [5.41, 5.74) is 5.15. The van der Waals surface area contributed by atoms with Crippen LogP contribution in [0.25, 0.3) is 0 Å². The molecule has 7 nitrogen and oxygen atoms in total. The van der Waals surface area contributed by atoms with Crippen molar-refractivity contribution in [2.24, 2.45) is 0 Å². The number of carbonyl (C=O) groups is 1. The van der Waals surface area contributed by atoms with Crippen LogP contribution >= 0.6 is 11.8 Å². The van der Waals surface area contributed by atoms with Gasteiger partial charge in [-0.1, -0.05) is 17.8 Å². The molecule has 2 aromatic heterocycles. The maximum absolute atomic E-state index is 11.7. The molecule has 20 heavy (non-hydrogen) atoms. The van der Waals surface area contributed by atoms with Gasteiger partial charge in [0.15, 0.2) is 5.16 Å². The molecule has 0 spiro atoms. The number of nitrogens with one attached hydrogen (secondary N) is 2. The molecular weight excluding hydrogens is 278 g/mol. The highest BCUT2D eigenvalue weighted by Crippen LogP contribution is 2.13. The standard InChI is InChI=1S/C12H13N5O2S/c13-8-7-11(19)17-12(15-8)20-6-4-10(18)16-9-3-1-2-5-14-9/h1-3,5,7H,4,6H2,(H,14,16,18)(H3,13,15,17,19). The molecule has 0 radical (unpaired) electrons. The number of aromatic nitrogens is 3. The van der Waals surface area contributed by atoms with E-state index in [9.17, 15) is 9.59 Å². The molecule has 8 heteroatoms. The fourth-order valence-electron chi connectivity index (χ4n) is 1.40. The van der Waals surface area contributed by atoms with Crippen molar-refractivity contribution in [2.75, 3.05) is 16.8 Å². The molecule has 2 aromatic rings. The number of nitrogens with zero attached hydrogens (tertiary/aromatic N) is 2. The second-order valence-electron chi connectivity index (χ2n) is 3.84. The smallest absolute Gasteiger partial charge is 0.253 e. The molecular formula is C12H13N5O2S. The van der Waals surface area contributed by atoms with Crippen molar-refractivity contribution in [3.8, 4) is 0 Å². The lowest BCUT2D eigenvalue weighted by Crippen LogP contribution is -2.14. The first-order valence-electron chi connectivity index (χ1n) is 5.84. The molecule has 2 heterocycles. The topological polar surface area (TPSA) is 114 Å². The highest BCUT2D eigenvalue weighted by atomic mass is 32.2. The van der Waals surface area contributed by atoms with Gasteiger partial charge in [-0.05, 0) is 12.1 Å². The predicted molar refractivity (Wildman–Crippen MR) is 77.5 cm³/mol. The summed E-state index contributed by atoms with van der Waals surface area (Å²) in [6, 6.07) is 6.48. The summed E-state index contributed by atoms with van der Waals surface area (Å²) in [5.74, 6) is 1.00. The van der Waals surface area contributed by atoms with Gasteiger partial charge in [0.25, 0.3) is 5.56 Å². The third-order valence-electron chi connectivity index (χ3n) is 2.24. The number of amides is 1. The number of rotatable bonds is 5. The Bertz CT molecular complexity index is 644. The van der Waals surface area contributed by atoms with E-state index in [0.29, 0.717) is 16.7 Å². The van der Waals surface area contributed by atoms with Gasteiger partial charge in [-0.25, -0.2) is 9.97 Å². The maximum atomic E-state index is 11.7. The summed E-state index contributed by atoms with van der Waals surface area (Å²) in [6.45, 7) is 0. The van der Waals surface area contributed by atoms with Crippen LogP contribution in [-0.4, -0.2) is 26.6 Å². The maximum Gasteiger partial charge on any atom is 0.253 e. The Balaban J connectivity index is 1.81. The number of carbonyl (C=O) groups excluding carboxylic acids is 1. The van der Waals surface area contributed by atoms with Crippen LogP contribution in [0.2, 0.25) is 0 Å². The van der Waals surface area contributed by atoms with Crippen LogP contribution in [0, 0.1) is 0 Å². The number of H-pyrrole nitrogens is 1. The lowest BCUT2D eigenvalue weighted by Gasteiger charge is -2.04. The van der Waals surface area contributed by atoms with Crippen molar-refractivity contribution in [1.82, 2.24) is 15.0 Å². The lowest BCUT2D eigenvalue weighted by molar-refractivity contribution is -0.115. The second-order valence-corrected chi connectivity index (χ2v) is 4.92. The summed E-state index contributed by atoms with van der Waals surface area (Å²) in [7, 11) is 0. The fourth-order valence-corrected chi connectivity index (χ4v) is 2.23. The van der Waals surface area contributed by atoms with E-state index in [1.807, 2.05) is 0 Å². The average molecular weight is 291 g/mol. The van der Waals surface area contributed by atoms with Gasteiger partial charge in [0.2, 0.25) is 5.91 Å². The number of nitrogen functional groups attached to an aromatic ring is 1. The molecule has 0 aliphatic carbocycles. The third-order valence-corrected chi connectivity index (χ3v) is 3.12. The summed E-state index contributed by atoms with van der Waals surface area (Å²) >= 11 is 1.26. The van der Waals surface area contributed by atoms with E-state index >= 15 is 0 Å². The Morgan fingerprint density at radius 1 is 1.45 bits per heavy atom. The summed E-state index contributed by atoms with van der Waals surface area (Å²) in [6.07, 6.45) is 1.88. The quantitative estimate of drug-likeness (QED) is 0.556. The first kappa shape index (κ1) is 14.1. The van der Waals surface area contributed by atoms with E-state index in [1.54, 1.807) is 24.4 Å². The normalized spacial score (nSPS) is 10.2. The minimum absolute atomic E-state index is 0.151. The Morgan fingerprint density at radius 2 is 2.30 bits per heavy atom. The number of aromatic amines is 1. The van der Waals surface area contributed by atoms with E-state index in [0.717, 1.165) is 0 Å². The lowest BCUT2D eigenvalue weighted by atomic mass is 10.4. The van der Waals surface area contributed by atoms with Crippen LogP contribution < -0.4 is 16.6 Å². The summed E-state index contributed by atoms with van der Waals surface area (Å²) in [4.78, 5) is 33.3. The monoisotopic (exact) mass is 291 g/mol. The zero-order valence-corrected chi connectivity index (χ0v) is 11.3. The van der Waals surface area contributed by atoms with E-state index in [4.69, 9.17) is 5.73 Å². The Hall–Kier alpha value is -2.35. The number of hydrogen-bond acceptors (Lipinski definition) is 6. The molecule has 0 aliphatic rings. The van der Waals surface area contributed by atoms with Crippen LogP contribution in [0.15, 0.2) is 40.4 Å². The van der Waals surface area contributed by atoms with Gasteiger partial charge in [-0.2, -0.15) is 0 Å². The Kier molecular flexibility index (Phi) is 4.72. The SMILES string of the molecule is Nc1cc(=O)[nH]c(SCCC(=O)Nc2ccccn2)n1. The molecule has 1 amide bonds. The highest BCUT2D eigenvalue weighted by molar-refractivity contribution is 7.99. The zero-order chi connectivity index (χ0) is 14.4. The van der Waals surface area contributed by atoms with Crippen LogP contribution in [0.3, 0.4) is 0 Å². The molecule has 0 aliphatic heterocycles. The molecule has 0 saturated heterocycles. The van der Waals surface area contributed by atoms with Crippen LogP contribution in [0.5, 0.6) is 0 Å². The average Bonchev–Trinajstić information content (AvgIpc) is 2.38. The molecule has 0 saturated carbocycles. The van der Waals surface area contributed by atoms with E-state index < -0.39 is 0 Å². The molecule has 0 aromatic carbocycles. The van der Waals surface area contributed by atoms with Crippen molar-refractivity contribution in [3.63, 3.8) is 0 Å². The van der Waals surface area contributed by atoms with Gasteiger partial charge >= 0.3 is 0 Å². The van der Waals surface area contributed by atoms with Crippen molar-refractivity contribution in [2.45, 2.75) is 11.6 Å². The van der Waals surface area contributed by atoms with E-state index in [2.05, 4.69) is 20.3 Å². The molecule has 0 unspecified atom stereocenters. The van der Waals surface area contributed by atoms with Crippen LogP contribution in [0.4, 0.5) is 11.6 Å². The third kappa shape index (κ3) is 4.39. The van der Waals surface area contributed by atoms with E-state index in [1.165, 1.54) is 17.8 Å². The van der Waals surface area contributed by atoms with Gasteiger partial charge in [0.1, 0.15) is 11.6 Å². The number of nitrogens with two attached hydrogens (primary N) is 1. The highest BCUT2D eigenvalue weighted by Gasteiger charge is 2.05. The fraction of sp³-hybridized carbons (Fsp3) is 0.167. The largest absolute Gasteiger partial charge is 0.383 e. The van der Waals surface area contributed by atoms with Gasteiger partial charge in [0.05, 0.1) is 0 Å². The summed E-state index contributed by atoms with van der Waals surface area (Å²) in [5, 5.41) is 3.07. The number of thioether (sulfide) groups is 1.